The van der Waals surface area contributed by atoms with Crippen molar-refractivity contribution in [1.29, 1.82) is 0 Å². The molecule has 2 heterocycles. The largest absolute Gasteiger partial charge is 0.464 e. The van der Waals surface area contributed by atoms with Gasteiger partial charge in [0.2, 0.25) is 21.8 Å². The number of hydrogen-bond donors (Lipinski definition) is 1. The third-order valence-electron chi connectivity index (χ3n) is 7.49. The molecule has 4 aromatic rings. The van der Waals surface area contributed by atoms with Gasteiger partial charge < -0.3 is 19.4 Å². The number of nitrogens with one attached hydrogen (secondary N) is 1. The highest BCUT2D eigenvalue weighted by molar-refractivity contribution is 7.89. The fraction of sp³-hybridized carbons (Fsp3) is 0.303. The summed E-state index contributed by atoms with van der Waals surface area (Å²) in [4.78, 5) is 40.3. The van der Waals surface area contributed by atoms with Crippen molar-refractivity contribution in [3.8, 4) is 0 Å². The van der Waals surface area contributed by atoms with Crippen molar-refractivity contribution in [2.75, 3.05) is 25.0 Å². The maximum Gasteiger partial charge on any atom is 0.243 e. The highest BCUT2D eigenvalue weighted by Crippen LogP contribution is 2.23. The molecule has 0 aliphatic carbocycles. The van der Waals surface area contributed by atoms with Gasteiger partial charge in [0.15, 0.2) is 5.43 Å². The fourth-order valence-corrected chi connectivity index (χ4v) is 6.63. The number of rotatable bonds is 11. The van der Waals surface area contributed by atoms with Crippen molar-refractivity contribution < 1.29 is 27.2 Å². The predicted molar refractivity (Wildman–Crippen MR) is 166 cm³/mol. The lowest BCUT2D eigenvalue weighted by Gasteiger charge is -2.28. The highest BCUT2D eigenvalue weighted by Gasteiger charge is 2.32. The molecule has 0 spiro atoms. The summed E-state index contributed by atoms with van der Waals surface area (Å²) in [6.07, 6.45) is 2.49. The third kappa shape index (κ3) is 7.42. The first-order valence-electron chi connectivity index (χ1n) is 14.4. The average molecular weight is 618 g/mol. The summed E-state index contributed by atoms with van der Waals surface area (Å²) in [6, 6.07) is 20.4. The zero-order valence-corrected chi connectivity index (χ0v) is 25.5. The molecule has 10 nitrogen and oxygen atoms in total. The summed E-state index contributed by atoms with van der Waals surface area (Å²) in [5.41, 5.74) is 2.67. The first-order chi connectivity index (χ1) is 21.1. The normalized spacial score (nSPS) is 15.0. The third-order valence-corrected chi connectivity index (χ3v) is 9.31. The van der Waals surface area contributed by atoms with Crippen LogP contribution in [-0.2, 0) is 37.4 Å². The van der Waals surface area contributed by atoms with E-state index >= 15 is 0 Å². The monoisotopic (exact) mass is 617 g/mol. The van der Waals surface area contributed by atoms with Crippen LogP contribution in [0.1, 0.15) is 36.5 Å². The molecule has 1 atom stereocenters. The summed E-state index contributed by atoms with van der Waals surface area (Å²) in [7, 11) is -4.14. The van der Waals surface area contributed by atoms with Crippen molar-refractivity contribution in [2.24, 2.45) is 0 Å². The van der Waals surface area contributed by atoms with Crippen LogP contribution in [0.5, 0.6) is 0 Å². The molecule has 1 N–H and O–H groups in total. The molecule has 0 radical (unpaired) electrons. The van der Waals surface area contributed by atoms with Crippen LogP contribution < -0.4 is 10.7 Å². The first-order valence-corrected chi connectivity index (χ1v) is 15.9. The number of nitrogens with zero attached hydrogens (tertiary/aromatic N) is 2. The molecular formula is C33H35N3O7S. The minimum atomic E-state index is -4.14. The lowest BCUT2D eigenvalue weighted by molar-refractivity contribution is -0.132. The molecule has 0 saturated carbocycles. The summed E-state index contributed by atoms with van der Waals surface area (Å²) in [5, 5.41) is 3.04. The zero-order chi connectivity index (χ0) is 31.3. The van der Waals surface area contributed by atoms with Crippen LogP contribution in [0.25, 0.3) is 11.0 Å². The van der Waals surface area contributed by atoms with Crippen molar-refractivity contribution in [1.82, 2.24) is 9.21 Å². The predicted octanol–water partition coefficient (Wildman–Crippen LogP) is 4.46. The Morgan fingerprint density at radius 3 is 2.43 bits per heavy atom. The van der Waals surface area contributed by atoms with Crippen molar-refractivity contribution in [2.45, 2.75) is 50.8 Å². The van der Waals surface area contributed by atoms with E-state index in [1.165, 1.54) is 42.4 Å². The molecule has 2 amide bonds. The summed E-state index contributed by atoms with van der Waals surface area (Å²) in [5.74, 6) is -0.755. The molecule has 3 aromatic carbocycles. The van der Waals surface area contributed by atoms with Gasteiger partial charge in [-0.2, -0.15) is 4.31 Å². The number of anilines is 1. The summed E-state index contributed by atoms with van der Waals surface area (Å²) in [6.45, 7) is 3.40. The van der Waals surface area contributed by atoms with Crippen molar-refractivity contribution in [3.63, 3.8) is 0 Å². The van der Waals surface area contributed by atoms with E-state index in [0.29, 0.717) is 29.7 Å². The Morgan fingerprint density at radius 1 is 1.00 bits per heavy atom. The second-order valence-electron chi connectivity index (χ2n) is 11.0. The Balaban J connectivity index is 1.46. The van der Waals surface area contributed by atoms with Gasteiger partial charge in [0.05, 0.1) is 41.3 Å². The van der Waals surface area contributed by atoms with E-state index in [4.69, 9.17) is 9.15 Å². The van der Waals surface area contributed by atoms with Crippen LogP contribution in [0.3, 0.4) is 0 Å². The molecule has 1 aliphatic heterocycles. The van der Waals surface area contributed by atoms with Gasteiger partial charge in [-0.3, -0.25) is 14.4 Å². The minimum Gasteiger partial charge on any atom is -0.464 e. The number of hydrogen-bond acceptors (Lipinski definition) is 7. The van der Waals surface area contributed by atoms with E-state index in [2.05, 4.69) is 5.32 Å². The molecule has 1 fully saturated rings. The van der Waals surface area contributed by atoms with Gasteiger partial charge in [-0.1, -0.05) is 42.0 Å². The van der Waals surface area contributed by atoms with Gasteiger partial charge >= 0.3 is 0 Å². The van der Waals surface area contributed by atoms with E-state index in [1.54, 1.807) is 12.1 Å². The molecule has 1 aliphatic rings. The summed E-state index contributed by atoms with van der Waals surface area (Å²) < 4.78 is 40.4. The Bertz CT molecular complexity index is 1800. The SMILES string of the molecule is CC(=O)Nc1ccc(S(=O)(=O)N(CC(=O)N(Cc2ccccc2)Cc2coc3ccc(C)cc3c2=O)C[C@@H]2CCCO2)cc1. The second kappa shape index (κ2) is 13.5. The van der Waals surface area contributed by atoms with Gasteiger partial charge in [0, 0.05) is 32.3 Å². The molecule has 1 saturated heterocycles. The number of aryl methyl sites for hydroxylation is 1. The Kier molecular flexibility index (Phi) is 9.58. The number of benzene rings is 3. The van der Waals surface area contributed by atoms with E-state index in [1.807, 2.05) is 43.3 Å². The molecule has 11 heteroatoms. The summed E-state index contributed by atoms with van der Waals surface area (Å²) >= 11 is 0. The number of carbonyl (C=O) groups excluding carboxylic acids is 2. The van der Waals surface area contributed by atoms with E-state index in [-0.39, 0.29) is 47.5 Å². The van der Waals surface area contributed by atoms with Crippen LogP contribution in [0.15, 0.2) is 93.2 Å². The maximum atomic E-state index is 14.0. The fourth-order valence-electron chi connectivity index (χ4n) is 5.21. The van der Waals surface area contributed by atoms with Crippen molar-refractivity contribution >= 4 is 38.5 Å². The Labute approximate surface area is 256 Å². The number of sulfonamides is 1. The second-order valence-corrected chi connectivity index (χ2v) is 12.9. The van der Waals surface area contributed by atoms with E-state index in [0.717, 1.165) is 21.9 Å². The molecule has 5 rings (SSSR count). The van der Waals surface area contributed by atoms with Crippen LogP contribution in [-0.4, -0.2) is 55.2 Å². The van der Waals surface area contributed by atoms with Gasteiger partial charge in [-0.15, -0.1) is 0 Å². The Morgan fingerprint density at radius 2 is 1.75 bits per heavy atom. The maximum absolute atomic E-state index is 14.0. The smallest absolute Gasteiger partial charge is 0.243 e. The van der Waals surface area contributed by atoms with Crippen LogP contribution in [0.4, 0.5) is 5.69 Å². The molecule has 0 bridgehead atoms. The average Bonchev–Trinajstić information content (AvgIpc) is 3.52. The van der Waals surface area contributed by atoms with E-state index < -0.39 is 22.5 Å². The Hall–Kier alpha value is -4.32. The molecule has 0 unspecified atom stereocenters. The number of amides is 2. The molecule has 230 valence electrons. The van der Waals surface area contributed by atoms with Crippen LogP contribution >= 0.6 is 0 Å². The lowest BCUT2D eigenvalue weighted by atomic mass is 10.1. The number of fused-ring (bicyclic) bond motifs is 1. The first kappa shape index (κ1) is 31.1. The van der Waals surface area contributed by atoms with Crippen LogP contribution in [0, 0.1) is 6.92 Å². The topological polar surface area (TPSA) is 126 Å². The van der Waals surface area contributed by atoms with Gasteiger partial charge in [0.25, 0.3) is 0 Å². The zero-order valence-electron chi connectivity index (χ0n) is 24.7. The standard InChI is InChI=1S/C33H35N3O7S/c1-23-10-15-31-30(17-23)33(39)26(22-43-31)19-35(18-25-7-4-3-5-8-25)32(38)21-36(20-28-9-6-16-42-28)44(40,41)29-13-11-27(12-14-29)34-24(2)37/h3-5,7-8,10-15,17,22,28H,6,9,16,18-21H2,1-2H3,(H,34,37)/t28-/m0/s1. The number of carbonyl (C=O) groups is 2. The van der Waals surface area contributed by atoms with Crippen LogP contribution in [0.2, 0.25) is 0 Å². The highest BCUT2D eigenvalue weighted by atomic mass is 32.2. The molecular weight excluding hydrogens is 582 g/mol. The lowest BCUT2D eigenvalue weighted by Crippen LogP contribution is -2.45. The van der Waals surface area contributed by atoms with Gasteiger partial charge in [-0.05, 0) is 61.7 Å². The van der Waals surface area contributed by atoms with Crippen molar-refractivity contribution in [3.05, 3.63) is 106 Å². The molecule has 44 heavy (non-hydrogen) atoms. The number of ether oxygens (including phenoxy) is 1. The van der Waals surface area contributed by atoms with Gasteiger partial charge in [-0.25, -0.2) is 8.42 Å². The quantitative estimate of drug-likeness (QED) is 0.263. The molecule has 1 aromatic heterocycles. The van der Waals surface area contributed by atoms with Gasteiger partial charge in [0.1, 0.15) is 5.58 Å². The minimum absolute atomic E-state index is 0.00190. The van der Waals surface area contributed by atoms with E-state index in [9.17, 15) is 22.8 Å².